The fraction of sp³-hybridized carbons (Fsp3) is 0.443. The highest BCUT2D eigenvalue weighted by atomic mass is 32.2. The predicted octanol–water partition coefficient (Wildman–Crippen LogP) is 16.0. The summed E-state index contributed by atoms with van der Waals surface area (Å²) < 4.78 is 69.1. The van der Waals surface area contributed by atoms with Gasteiger partial charge in [-0.15, -0.1) is 0 Å². The predicted molar refractivity (Wildman–Crippen MR) is 342 cm³/mol. The van der Waals surface area contributed by atoms with E-state index in [1.807, 2.05) is 86.7 Å². The summed E-state index contributed by atoms with van der Waals surface area (Å²) in [6.07, 6.45) is 8.60. The van der Waals surface area contributed by atoms with E-state index in [0.717, 1.165) is 42.0 Å². The monoisotopic (exact) mass is 1220 g/mol. The van der Waals surface area contributed by atoms with Crippen molar-refractivity contribution in [3.05, 3.63) is 201 Å². The summed E-state index contributed by atoms with van der Waals surface area (Å²) in [7, 11) is -6.07. The number of nitro groups is 1. The summed E-state index contributed by atoms with van der Waals surface area (Å²) in [6, 6.07) is 40.3. The lowest BCUT2D eigenvalue weighted by molar-refractivity contribution is -0.385. The number of nitrogens with one attached hydrogen (secondary N) is 1. The number of allylic oxidation sites excluding steroid dienone is 2. The van der Waals surface area contributed by atoms with Crippen molar-refractivity contribution >= 4 is 41.9 Å². The molecule has 0 radical (unpaired) electrons. The number of ether oxygens (including phenoxy) is 5. The van der Waals surface area contributed by atoms with E-state index in [1.165, 1.54) is 25.3 Å². The summed E-state index contributed by atoms with van der Waals surface area (Å²) in [6.45, 7) is 21.8. The third kappa shape index (κ3) is 15.9. The minimum absolute atomic E-state index is 0.0484. The fourth-order valence-electron chi connectivity index (χ4n) is 12.3. The number of hydrogen-bond acceptors (Lipinski definition) is 13. The minimum atomic E-state index is -4.49. The summed E-state index contributed by atoms with van der Waals surface area (Å²) >= 11 is 0. The second kappa shape index (κ2) is 29.2. The standard InChI is InChI=1S/C70H88N2O13SSi/c1-48(2)87(49(3)4,50(5)6)85-63(51(7)41-42-62(86(78,79)58-38-26-17-27-39-58)59-46-57(80-12)47-60(72(76)77)64(59)83-67(75)84-68(9,10)11)52(8)61(82-66(74)69(43-44-69)71-65(73)53-30-18-13-19-31-53)40-28-29-45-81-70(54-32-20-14-21-33-54,55-34-22-15-23-35-55)56-36-24-16-25-37-56/h14-17,20-30,32-39,41,46-50,52,61-63H,13,18-19,31,40,42-45H2,1-12H3,(H,71,73)/b29-28+,51-41?/t52-,61-,62?,63-/m0/s1. The normalized spacial score (nSPS) is 16.2. The highest BCUT2D eigenvalue weighted by Crippen LogP contribution is 2.49. The zero-order valence-electron chi connectivity index (χ0n) is 52.6. The molecule has 0 aliphatic heterocycles. The molecule has 7 rings (SSSR count). The van der Waals surface area contributed by atoms with Gasteiger partial charge in [0.1, 0.15) is 28.6 Å². The van der Waals surface area contributed by atoms with Crippen molar-refractivity contribution in [1.29, 1.82) is 0 Å². The maximum atomic E-state index is 15.3. The van der Waals surface area contributed by atoms with Crippen LogP contribution >= 0.6 is 0 Å². The van der Waals surface area contributed by atoms with Crippen molar-refractivity contribution in [1.82, 2.24) is 5.32 Å². The Morgan fingerprint density at radius 1 is 0.759 bits per heavy atom. The molecule has 1 N–H and O–H groups in total. The van der Waals surface area contributed by atoms with Gasteiger partial charge < -0.3 is 33.4 Å². The first-order chi connectivity index (χ1) is 41.3. The average Bonchev–Trinajstić information content (AvgIpc) is 0.989. The van der Waals surface area contributed by atoms with E-state index in [4.69, 9.17) is 28.1 Å². The van der Waals surface area contributed by atoms with Crippen LogP contribution in [0.3, 0.4) is 0 Å². The van der Waals surface area contributed by atoms with Gasteiger partial charge in [-0.1, -0.05) is 182 Å². The largest absolute Gasteiger partial charge is 0.514 e. The van der Waals surface area contributed by atoms with Gasteiger partial charge in [0.25, 0.3) is 0 Å². The van der Waals surface area contributed by atoms with Gasteiger partial charge >= 0.3 is 17.8 Å². The number of carbonyl (C=O) groups is 3. The molecule has 1 saturated carbocycles. The van der Waals surface area contributed by atoms with Crippen molar-refractivity contribution in [2.45, 2.75) is 183 Å². The summed E-state index contributed by atoms with van der Waals surface area (Å²) in [4.78, 5) is 54.3. The van der Waals surface area contributed by atoms with Crippen LogP contribution in [0.1, 0.15) is 155 Å². The Morgan fingerprint density at radius 3 is 1.77 bits per heavy atom. The Hall–Kier alpha value is -7.18. The Labute approximate surface area is 516 Å². The van der Waals surface area contributed by atoms with E-state index in [1.54, 1.807) is 45.0 Å². The number of esters is 1. The molecule has 5 aromatic rings. The number of carbonyl (C=O) groups excluding carboxylic acids is 3. The first kappa shape index (κ1) is 67.3. The molecule has 2 aliphatic carbocycles. The van der Waals surface area contributed by atoms with Crippen LogP contribution in [0.2, 0.25) is 16.6 Å². The van der Waals surface area contributed by atoms with Crippen LogP contribution in [0, 0.1) is 16.0 Å². The SMILES string of the molecule is COc1cc(C(CC=C(C)[C@H](O[Si](C(C)C)(C(C)C)C(C)C)[C@@H](C)[C@H](C/C=C/COC(c2ccccc2)(c2ccccc2)c2ccccc2)OC(=O)C2(NC(=O)C3=CCCCC3)CC2)S(=O)(=O)c2ccccc2)c(OC(=O)OC(C)(C)C)c([N+](=O)[O-])c1. The van der Waals surface area contributed by atoms with Gasteiger partial charge in [-0.2, -0.15) is 0 Å². The van der Waals surface area contributed by atoms with E-state index >= 15 is 8.42 Å². The smallest absolute Gasteiger partial charge is 0.496 e. The quantitative estimate of drug-likeness (QED) is 0.00945. The lowest BCUT2D eigenvalue weighted by Crippen LogP contribution is -2.53. The van der Waals surface area contributed by atoms with Crippen LogP contribution in [-0.2, 0) is 43.7 Å². The average molecular weight is 1230 g/mol. The molecule has 1 unspecified atom stereocenters. The van der Waals surface area contributed by atoms with Gasteiger partial charge in [0.15, 0.2) is 9.84 Å². The molecule has 17 heteroatoms. The molecule has 5 aromatic carbocycles. The maximum Gasteiger partial charge on any atom is 0.514 e. The Bertz CT molecular complexity index is 3240. The second-order valence-electron chi connectivity index (χ2n) is 24.9. The van der Waals surface area contributed by atoms with Crippen LogP contribution < -0.4 is 14.8 Å². The van der Waals surface area contributed by atoms with E-state index in [9.17, 15) is 24.5 Å². The van der Waals surface area contributed by atoms with Gasteiger partial charge in [0, 0.05) is 23.5 Å². The zero-order valence-corrected chi connectivity index (χ0v) is 54.4. The highest BCUT2D eigenvalue weighted by Gasteiger charge is 2.55. The van der Waals surface area contributed by atoms with Gasteiger partial charge in [0.2, 0.25) is 20.0 Å². The number of hydrogen-bond donors (Lipinski definition) is 1. The van der Waals surface area contributed by atoms with Crippen LogP contribution in [-0.4, -0.2) is 76.8 Å². The molecule has 2 aliphatic rings. The van der Waals surface area contributed by atoms with Crippen molar-refractivity contribution in [3.8, 4) is 11.5 Å². The Morgan fingerprint density at radius 2 is 1.30 bits per heavy atom. The van der Waals surface area contributed by atoms with Gasteiger partial charge in [-0.05, 0) is 130 Å². The van der Waals surface area contributed by atoms with Crippen LogP contribution in [0.15, 0.2) is 174 Å². The molecule has 0 spiro atoms. The zero-order chi connectivity index (χ0) is 63.3. The molecule has 0 heterocycles. The Balaban J connectivity index is 1.36. The number of nitro benzene ring substituents is 1. The van der Waals surface area contributed by atoms with Crippen molar-refractivity contribution in [3.63, 3.8) is 0 Å². The summed E-state index contributed by atoms with van der Waals surface area (Å²) in [5.41, 5.74) is 0.0524. The van der Waals surface area contributed by atoms with E-state index < -0.39 is 86.8 Å². The molecule has 1 amide bonds. The van der Waals surface area contributed by atoms with E-state index in [2.05, 4.69) is 83.3 Å². The van der Waals surface area contributed by atoms with Crippen LogP contribution in [0.25, 0.3) is 0 Å². The topological polar surface area (TPSA) is 196 Å². The molecule has 87 heavy (non-hydrogen) atoms. The molecule has 466 valence electrons. The fourth-order valence-corrected chi connectivity index (χ4v) is 19.7. The first-order valence-corrected chi connectivity index (χ1v) is 34.1. The maximum absolute atomic E-state index is 15.3. The molecule has 0 aromatic heterocycles. The highest BCUT2D eigenvalue weighted by molar-refractivity contribution is 7.91. The number of sulfone groups is 1. The third-order valence-electron chi connectivity index (χ3n) is 16.9. The van der Waals surface area contributed by atoms with Crippen molar-refractivity contribution in [2.24, 2.45) is 5.92 Å². The van der Waals surface area contributed by atoms with E-state index in [-0.39, 0.29) is 58.2 Å². The Kier molecular flexibility index (Phi) is 22.6. The van der Waals surface area contributed by atoms with Crippen LogP contribution in [0.4, 0.5) is 10.5 Å². The lowest BCUT2D eigenvalue weighted by atomic mass is 9.80. The van der Waals surface area contributed by atoms with E-state index in [0.29, 0.717) is 30.4 Å². The van der Waals surface area contributed by atoms with Gasteiger partial charge in [-0.3, -0.25) is 14.9 Å². The molecule has 15 nitrogen and oxygen atoms in total. The number of amides is 1. The van der Waals surface area contributed by atoms with Crippen molar-refractivity contribution < 1.29 is 55.8 Å². The van der Waals surface area contributed by atoms with Crippen LogP contribution in [0.5, 0.6) is 11.5 Å². The number of rotatable bonds is 28. The van der Waals surface area contributed by atoms with Crippen molar-refractivity contribution in [2.75, 3.05) is 13.7 Å². The molecule has 1 fully saturated rings. The minimum Gasteiger partial charge on any atom is -0.496 e. The third-order valence-corrected chi connectivity index (χ3v) is 25.1. The summed E-state index contributed by atoms with van der Waals surface area (Å²) in [5, 5.41) is 14.4. The first-order valence-electron chi connectivity index (χ1n) is 30.4. The second-order valence-corrected chi connectivity index (χ2v) is 32.4. The molecule has 0 saturated heterocycles. The number of methoxy groups -OCH3 is 1. The molecular formula is C70H88N2O13SSi. The number of benzene rings is 5. The van der Waals surface area contributed by atoms with Gasteiger partial charge in [0.05, 0.1) is 41.0 Å². The number of nitrogens with zero attached hydrogens (tertiary/aromatic N) is 1. The molecule has 0 bridgehead atoms. The molecular weight excluding hydrogens is 1140 g/mol. The lowest BCUT2D eigenvalue weighted by Gasteiger charge is -2.47. The summed E-state index contributed by atoms with van der Waals surface area (Å²) in [5.74, 6) is -2.12. The van der Waals surface area contributed by atoms with Gasteiger partial charge in [-0.25, -0.2) is 18.0 Å². The molecule has 4 atom stereocenters.